The van der Waals surface area contributed by atoms with E-state index in [0.717, 1.165) is 23.2 Å². The van der Waals surface area contributed by atoms with Crippen LogP contribution in [0.15, 0.2) is 65.5 Å². The average Bonchev–Trinajstić information content (AvgIpc) is 2.85. The van der Waals surface area contributed by atoms with E-state index in [9.17, 15) is 14.9 Å². The van der Waals surface area contributed by atoms with Gasteiger partial charge in [0.2, 0.25) is 0 Å². The number of amides is 2. The molecule has 0 saturated carbocycles. The Labute approximate surface area is 191 Å². The quantitative estimate of drug-likeness (QED) is 0.666. The number of aromatic nitrogens is 1. The number of nitrogens with zero attached hydrogens (tertiary/aromatic N) is 3. The third-order valence-corrected chi connectivity index (χ3v) is 6.53. The van der Waals surface area contributed by atoms with Crippen LogP contribution in [-0.4, -0.2) is 35.7 Å². The molecular weight excluding hydrogens is 416 g/mol. The number of para-hydroxylation sites is 2. The number of rotatable bonds is 3. The van der Waals surface area contributed by atoms with Crippen molar-refractivity contribution in [3.05, 3.63) is 82.3 Å². The number of nitrogens with one attached hydrogen (secondary N) is 1. The lowest BCUT2D eigenvalue weighted by Gasteiger charge is -2.43. The molecule has 1 saturated heterocycles. The predicted octanol–water partition coefficient (Wildman–Crippen LogP) is 4.05. The van der Waals surface area contributed by atoms with Crippen LogP contribution in [0.4, 0.5) is 10.5 Å². The van der Waals surface area contributed by atoms with Crippen molar-refractivity contribution >= 4 is 11.7 Å². The molecule has 33 heavy (non-hydrogen) atoms. The predicted molar refractivity (Wildman–Crippen MR) is 125 cm³/mol. The minimum absolute atomic E-state index is 0.0215. The molecule has 3 heterocycles. The molecule has 2 atom stereocenters. The van der Waals surface area contributed by atoms with Gasteiger partial charge in [-0.05, 0) is 48.2 Å². The second kappa shape index (κ2) is 8.47. The highest BCUT2D eigenvalue weighted by Gasteiger charge is 2.38. The van der Waals surface area contributed by atoms with Crippen molar-refractivity contribution < 1.29 is 9.53 Å². The molecule has 5 rings (SSSR count). The van der Waals surface area contributed by atoms with Crippen LogP contribution in [0.1, 0.15) is 23.6 Å². The van der Waals surface area contributed by atoms with Crippen molar-refractivity contribution in [2.24, 2.45) is 5.92 Å². The number of ether oxygens (including phenoxy) is 1. The summed E-state index contributed by atoms with van der Waals surface area (Å²) in [5.41, 5.74) is 3.99. The summed E-state index contributed by atoms with van der Waals surface area (Å²) < 4.78 is 7.22. The van der Waals surface area contributed by atoms with Gasteiger partial charge in [-0.2, -0.15) is 5.26 Å². The summed E-state index contributed by atoms with van der Waals surface area (Å²) in [4.78, 5) is 27.7. The van der Waals surface area contributed by atoms with Gasteiger partial charge < -0.3 is 19.5 Å². The fraction of sp³-hybridized carbons (Fsp3) is 0.269. The Kier molecular flexibility index (Phi) is 5.35. The molecule has 166 valence electrons. The molecule has 1 aromatic heterocycles. The summed E-state index contributed by atoms with van der Waals surface area (Å²) in [6.45, 7) is 1.69. The van der Waals surface area contributed by atoms with E-state index in [4.69, 9.17) is 4.74 Å². The topological polar surface area (TPSA) is 87.4 Å². The number of carbonyl (C=O) groups excluding carboxylic acids is 1. The van der Waals surface area contributed by atoms with E-state index in [1.807, 2.05) is 58.0 Å². The number of pyridine rings is 1. The van der Waals surface area contributed by atoms with E-state index in [2.05, 4.69) is 11.4 Å². The molecule has 2 unspecified atom stereocenters. The summed E-state index contributed by atoms with van der Waals surface area (Å²) in [5, 5.41) is 12.3. The molecule has 3 aromatic rings. The van der Waals surface area contributed by atoms with Crippen LogP contribution >= 0.6 is 0 Å². The Morgan fingerprint density at radius 1 is 1.09 bits per heavy atom. The summed E-state index contributed by atoms with van der Waals surface area (Å²) in [6, 6.07) is 20.2. The van der Waals surface area contributed by atoms with Crippen molar-refractivity contribution in [3.63, 3.8) is 0 Å². The first kappa shape index (κ1) is 20.8. The zero-order valence-corrected chi connectivity index (χ0v) is 18.3. The highest BCUT2D eigenvalue weighted by molar-refractivity contribution is 5.91. The van der Waals surface area contributed by atoms with Gasteiger partial charge in [0.15, 0.2) is 0 Å². The molecule has 2 amide bonds. The number of carbonyl (C=O) groups is 1. The van der Waals surface area contributed by atoms with E-state index in [1.165, 1.54) is 0 Å². The second-order valence-corrected chi connectivity index (χ2v) is 8.61. The maximum Gasteiger partial charge on any atom is 0.321 e. The van der Waals surface area contributed by atoms with Crippen LogP contribution in [0.5, 0.6) is 5.75 Å². The van der Waals surface area contributed by atoms with Crippen LogP contribution < -0.4 is 15.6 Å². The smallest absolute Gasteiger partial charge is 0.321 e. The number of methoxy groups -OCH3 is 1. The first-order valence-corrected chi connectivity index (χ1v) is 11.0. The van der Waals surface area contributed by atoms with Gasteiger partial charge in [0.05, 0.1) is 24.4 Å². The molecular formula is C26H24N4O3. The Hall–Kier alpha value is -4.05. The van der Waals surface area contributed by atoms with E-state index < -0.39 is 0 Å². The molecule has 7 nitrogen and oxygen atoms in total. The lowest BCUT2D eigenvalue weighted by Crippen LogP contribution is -2.50. The fourth-order valence-corrected chi connectivity index (χ4v) is 5.12. The molecule has 0 aliphatic carbocycles. The standard InChI is InChI=1S/C26H24N4O3/c1-33-23-8-3-2-7-22(23)28-26(32)29-14-18-12-20(16-29)25-21(9-10-24(31)30(25)15-18)19-6-4-5-17(11-19)13-27/h2-11,18,20H,12,14-16H2,1H3,(H,28,32). The van der Waals surface area contributed by atoms with Crippen LogP contribution in [0, 0.1) is 17.2 Å². The molecule has 2 aliphatic rings. The number of likely N-dealkylation sites (tertiary alicyclic amines) is 1. The van der Waals surface area contributed by atoms with Gasteiger partial charge >= 0.3 is 6.03 Å². The zero-order chi connectivity index (χ0) is 22.9. The van der Waals surface area contributed by atoms with Gasteiger partial charge in [0.25, 0.3) is 5.56 Å². The number of piperidine rings is 1. The van der Waals surface area contributed by atoms with Gasteiger partial charge in [0, 0.05) is 42.9 Å². The Morgan fingerprint density at radius 3 is 2.76 bits per heavy atom. The van der Waals surface area contributed by atoms with Crippen LogP contribution in [0.3, 0.4) is 0 Å². The lowest BCUT2D eigenvalue weighted by atomic mass is 9.80. The Balaban J connectivity index is 1.47. The van der Waals surface area contributed by atoms with Gasteiger partial charge in [-0.3, -0.25) is 4.79 Å². The first-order valence-electron chi connectivity index (χ1n) is 11.0. The highest BCUT2D eigenvalue weighted by atomic mass is 16.5. The van der Waals surface area contributed by atoms with E-state index in [-0.39, 0.29) is 23.4 Å². The molecule has 1 fully saturated rings. The van der Waals surface area contributed by atoms with Crippen molar-refractivity contribution in [3.8, 4) is 22.9 Å². The van der Waals surface area contributed by atoms with Crippen LogP contribution in [0.2, 0.25) is 0 Å². The molecule has 0 radical (unpaired) electrons. The zero-order valence-electron chi connectivity index (χ0n) is 18.3. The number of benzene rings is 2. The number of anilines is 1. The van der Waals surface area contributed by atoms with Crippen molar-refractivity contribution in [1.29, 1.82) is 5.26 Å². The van der Waals surface area contributed by atoms with Gasteiger partial charge in [-0.25, -0.2) is 4.79 Å². The summed E-state index contributed by atoms with van der Waals surface area (Å²) in [7, 11) is 1.58. The van der Waals surface area contributed by atoms with Gasteiger partial charge in [-0.15, -0.1) is 0 Å². The fourth-order valence-electron chi connectivity index (χ4n) is 5.12. The monoisotopic (exact) mass is 440 g/mol. The summed E-state index contributed by atoms with van der Waals surface area (Å²) in [5.74, 6) is 0.855. The summed E-state index contributed by atoms with van der Waals surface area (Å²) in [6.07, 6.45) is 0.923. The number of hydrogen-bond acceptors (Lipinski definition) is 4. The van der Waals surface area contributed by atoms with E-state index >= 15 is 0 Å². The molecule has 2 aromatic carbocycles. The van der Waals surface area contributed by atoms with E-state index in [0.29, 0.717) is 36.6 Å². The van der Waals surface area contributed by atoms with Gasteiger partial charge in [0.1, 0.15) is 5.75 Å². The maximum atomic E-state index is 13.1. The second-order valence-electron chi connectivity index (χ2n) is 8.61. The lowest BCUT2D eigenvalue weighted by molar-refractivity contribution is 0.140. The minimum atomic E-state index is -0.172. The highest BCUT2D eigenvalue weighted by Crippen LogP contribution is 2.40. The largest absolute Gasteiger partial charge is 0.495 e. The third-order valence-electron chi connectivity index (χ3n) is 6.53. The van der Waals surface area contributed by atoms with Crippen molar-refractivity contribution in [2.75, 3.05) is 25.5 Å². The first-order chi connectivity index (χ1) is 16.1. The van der Waals surface area contributed by atoms with E-state index in [1.54, 1.807) is 19.2 Å². The Morgan fingerprint density at radius 2 is 1.94 bits per heavy atom. The molecule has 2 aliphatic heterocycles. The summed E-state index contributed by atoms with van der Waals surface area (Å²) >= 11 is 0. The van der Waals surface area contributed by atoms with Crippen LogP contribution in [0.25, 0.3) is 11.1 Å². The third kappa shape index (κ3) is 3.85. The van der Waals surface area contributed by atoms with Crippen LogP contribution in [-0.2, 0) is 6.54 Å². The number of hydrogen-bond donors (Lipinski definition) is 1. The van der Waals surface area contributed by atoms with Gasteiger partial charge in [-0.1, -0.05) is 24.3 Å². The number of fused-ring (bicyclic) bond motifs is 4. The number of urea groups is 1. The van der Waals surface area contributed by atoms with Crippen molar-refractivity contribution in [1.82, 2.24) is 9.47 Å². The normalized spacial score (nSPS) is 18.7. The number of nitriles is 1. The molecule has 2 bridgehead atoms. The SMILES string of the molecule is COc1ccccc1NC(=O)N1CC2CC(C1)c1c(-c3cccc(C#N)c3)ccc(=O)n1C2. The average molecular weight is 441 g/mol. The molecule has 1 N–H and O–H groups in total. The Bertz CT molecular complexity index is 1320. The minimum Gasteiger partial charge on any atom is -0.495 e. The molecule has 0 spiro atoms. The van der Waals surface area contributed by atoms with Crippen molar-refractivity contribution in [2.45, 2.75) is 18.9 Å². The maximum absolute atomic E-state index is 13.1. The molecule has 7 heteroatoms.